The van der Waals surface area contributed by atoms with Crippen LogP contribution in [0.25, 0.3) is 10.9 Å². The van der Waals surface area contributed by atoms with Gasteiger partial charge in [-0.15, -0.1) is 11.3 Å². The smallest absolute Gasteiger partial charge is 0.221 e. The minimum atomic E-state index is 0.00764. The lowest BCUT2D eigenvalue weighted by atomic mass is 10.1. The number of hydrogen-bond acceptors (Lipinski definition) is 3. The largest absolute Gasteiger partial charge is 0.286 e. The van der Waals surface area contributed by atoms with Crippen LogP contribution in [0.1, 0.15) is 20.9 Å². The van der Waals surface area contributed by atoms with Gasteiger partial charge in [-0.05, 0) is 36.1 Å². The van der Waals surface area contributed by atoms with Crippen LogP contribution in [0.3, 0.4) is 0 Å². The maximum Gasteiger partial charge on any atom is 0.221 e. The highest BCUT2D eigenvalue weighted by Gasteiger charge is 2.14. The number of benzene rings is 1. The molecule has 3 rings (SSSR count). The first kappa shape index (κ1) is 11.1. The molecule has 1 aromatic carbocycles. The topological polar surface area (TPSA) is 30.0 Å². The summed E-state index contributed by atoms with van der Waals surface area (Å²) in [5.74, 6) is 0.00764. The molecular weight excluding hydrogens is 242 g/mol. The standard InChI is InChI=1S/C15H11NOS/c1-10-8-9-18-15(10)14(17)13-7-6-11-4-2-3-5-12(11)16-13/h2-9H,1H3. The van der Waals surface area contributed by atoms with Crippen LogP contribution >= 0.6 is 11.3 Å². The van der Waals surface area contributed by atoms with Gasteiger partial charge in [0.1, 0.15) is 5.69 Å². The Morgan fingerprint density at radius 2 is 1.94 bits per heavy atom. The van der Waals surface area contributed by atoms with E-state index in [1.165, 1.54) is 11.3 Å². The number of nitrogens with zero attached hydrogens (tertiary/aromatic N) is 1. The van der Waals surface area contributed by atoms with Crippen molar-refractivity contribution in [3.05, 3.63) is 64.0 Å². The maximum absolute atomic E-state index is 12.3. The van der Waals surface area contributed by atoms with Crippen molar-refractivity contribution in [2.75, 3.05) is 0 Å². The monoisotopic (exact) mass is 253 g/mol. The Balaban J connectivity index is 2.10. The maximum atomic E-state index is 12.3. The van der Waals surface area contributed by atoms with Crippen molar-refractivity contribution in [3.63, 3.8) is 0 Å². The summed E-state index contributed by atoms with van der Waals surface area (Å²) >= 11 is 1.47. The van der Waals surface area contributed by atoms with Crippen molar-refractivity contribution < 1.29 is 4.79 Å². The van der Waals surface area contributed by atoms with Gasteiger partial charge >= 0.3 is 0 Å². The number of fused-ring (bicyclic) bond motifs is 1. The van der Waals surface area contributed by atoms with E-state index in [0.717, 1.165) is 21.3 Å². The summed E-state index contributed by atoms with van der Waals surface area (Å²) in [6.07, 6.45) is 0. The predicted molar refractivity (Wildman–Crippen MR) is 74.2 cm³/mol. The zero-order valence-electron chi connectivity index (χ0n) is 9.88. The van der Waals surface area contributed by atoms with Gasteiger partial charge in [0.05, 0.1) is 10.4 Å². The Morgan fingerprint density at radius 1 is 1.11 bits per heavy atom. The van der Waals surface area contributed by atoms with Crippen LogP contribution in [0.4, 0.5) is 0 Å². The molecule has 0 unspecified atom stereocenters. The number of aromatic nitrogens is 1. The minimum Gasteiger partial charge on any atom is -0.286 e. The molecule has 0 atom stereocenters. The molecule has 3 aromatic rings. The number of thiophene rings is 1. The predicted octanol–water partition coefficient (Wildman–Crippen LogP) is 3.84. The molecule has 3 heteroatoms. The minimum absolute atomic E-state index is 0.00764. The summed E-state index contributed by atoms with van der Waals surface area (Å²) in [5, 5.41) is 2.99. The van der Waals surface area contributed by atoms with E-state index in [4.69, 9.17) is 0 Å². The van der Waals surface area contributed by atoms with Crippen LogP contribution in [0, 0.1) is 6.92 Å². The van der Waals surface area contributed by atoms with Crippen LogP contribution in [0.15, 0.2) is 47.8 Å². The molecule has 0 aliphatic rings. The highest BCUT2D eigenvalue weighted by atomic mass is 32.1. The summed E-state index contributed by atoms with van der Waals surface area (Å²) in [6.45, 7) is 1.95. The zero-order valence-corrected chi connectivity index (χ0v) is 10.7. The average Bonchev–Trinajstić information content (AvgIpc) is 2.83. The number of rotatable bonds is 2. The molecule has 2 heterocycles. The molecular formula is C15H11NOS. The van der Waals surface area contributed by atoms with Crippen molar-refractivity contribution in [3.8, 4) is 0 Å². The molecule has 0 bridgehead atoms. The van der Waals surface area contributed by atoms with E-state index in [-0.39, 0.29) is 5.78 Å². The van der Waals surface area contributed by atoms with E-state index in [1.54, 1.807) is 6.07 Å². The third-order valence-electron chi connectivity index (χ3n) is 2.90. The molecule has 18 heavy (non-hydrogen) atoms. The summed E-state index contributed by atoms with van der Waals surface area (Å²) in [5.41, 5.74) is 2.39. The quantitative estimate of drug-likeness (QED) is 0.649. The third-order valence-corrected chi connectivity index (χ3v) is 3.91. The van der Waals surface area contributed by atoms with Gasteiger partial charge in [-0.25, -0.2) is 4.98 Å². The third kappa shape index (κ3) is 1.83. The van der Waals surface area contributed by atoms with Crippen molar-refractivity contribution in [1.82, 2.24) is 4.98 Å². The molecule has 2 aromatic heterocycles. The molecule has 0 aliphatic carbocycles. The van der Waals surface area contributed by atoms with Gasteiger partial charge in [0.25, 0.3) is 0 Å². The molecule has 0 N–H and O–H groups in total. The summed E-state index contributed by atoms with van der Waals surface area (Å²) in [6, 6.07) is 13.5. The zero-order chi connectivity index (χ0) is 12.5. The lowest BCUT2D eigenvalue weighted by Gasteiger charge is -2.01. The molecule has 88 valence electrons. The average molecular weight is 253 g/mol. The van der Waals surface area contributed by atoms with Gasteiger partial charge < -0.3 is 0 Å². The number of aryl methyl sites for hydroxylation is 1. The van der Waals surface area contributed by atoms with E-state index < -0.39 is 0 Å². The molecule has 0 fully saturated rings. The summed E-state index contributed by atoms with van der Waals surface area (Å²) in [4.78, 5) is 17.5. The second-order valence-corrected chi connectivity index (χ2v) is 5.07. The highest BCUT2D eigenvalue weighted by molar-refractivity contribution is 7.12. The Labute approximate surface area is 109 Å². The van der Waals surface area contributed by atoms with Crippen LogP contribution in [0.2, 0.25) is 0 Å². The van der Waals surface area contributed by atoms with Gasteiger partial charge in [-0.1, -0.05) is 24.3 Å². The Hall–Kier alpha value is -2.00. The fourth-order valence-corrected chi connectivity index (χ4v) is 2.79. The normalized spacial score (nSPS) is 10.7. The van der Waals surface area contributed by atoms with Gasteiger partial charge in [0.2, 0.25) is 5.78 Å². The van der Waals surface area contributed by atoms with Crippen molar-refractivity contribution in [2.24, 2.45) is 0 Å². The van der Waals surface area contributed by atoms with Crippen molar-refractivity contribution in [1.29, 1.82) is 0 Å². The number of carbonyl (C=O) groups is 1. The highest BCUT2D eigenvalue weighted by Crippen LogP contribution is 2.20. The second kappa shape index (κ2) is 4.35. The Kier molecular flexibility index (Phi) is 2.68. The van der Waals surface area contributed by atoms with Gasteiger partial charge in [-0.3, -0.25) is 4.79 Å². The lowest BCUT2D eigenvalue weighted by molar-refractivity contribution is 0.103. The van der Waals surface area contributed by atoms with E-state index in [9.17, 15) is 4.79 Å². The van der Waals surface area contributed by atoms with Gasteiger partial charge in [-0.2, -0.15) is 0 Å². The molecule has 2 nitrogen and oxygen atoms in total. The Morgan fingerprint density at radius 3 is 2.72 bits per heavy atom. The number of hydrogen-bond donors (Lipinski definition) is 0. The molecule has 0 saturated heterocycles. The van der Waals surface area contributed by atoms with Crippen LogP contribution in [-0.4, -0.2) is 10.8 Å². The van der Waals surface area contributed by atoms with Crippen molar-refractivity contribution in [2.45, 2.75) is 6.92 Å². The summed E-state index contributed by atoms with van der Waals surface area (Å²) in [7, 11) is 0. The first-order valence-corrected chi connectivity index (χ1v) is 6.58. The number of pyridine rings is 1. The van der Waals surface area contributed by atoms with Gasteiger partial charge in [0, 0.05) is 5.39 Å². The van der Waals surface area contributed by atoms with E-state index in [1.807, 2.05) is 48.7 Å². The van der Waals surface area contributed by atoms with Gasteiger partial charge in [0.15, 0.2) is 0 Å². The lowest BCUT2D eigenvalue weighted by Crippen LogP contribution is -2.03. The second-order valence-electron chi connectivity index (χ2n) is 4.15. The number of para-hydroxylation sites is 1. The fraction of sp³-hybridized carbons (Fsp3) is 0.0667. The molecule has 0 aliphatic heterocycles. The number of carbonyl (C=O) groups excluding carboxylic acids is 1. The number of ketones is 1. The summed E-state index contributed by atoms with van der Waals surface area (Å²) < 4.78 is 0. The van der Waals surface area contributed by atoms with E-state index in [0.29, 0.717) is 5.69 Å². The first-order chi connectivity index (χ1) is 8.75. The van der Waals surface area contributed by atoms with E-state index >= 15 is 0 Å². The SMILES string of the molecule is Cc1ccsc1C(=O)c1ccc2ccccc2n1. The van der Waals surface area contributed by atoms with Crippen LogP contribution < -0.4 is 0 Å². The first-order valence-electron chi connectivity index (χ1n) is 5.70. The van der Waals surface area contributed by atoms with Crippen LogP contribution in [0.5, 0.6) is 0 Å². The van der Waals surface area contributed by atoms with Crippen LogP contribution in [-0.2, 0) is 0 Å². The fourth-order valence-electron chi connectivity index (χ4n) is 1.91. The molecule has 0 radical (unpaired) electrons. The molecule has 0 saturated carbocycles. The van der Waals surface area contributed by atoms with E-state index in [2.05, 4.69) is 4.98 Å². The molecule has 0 spiro atoms. The Bertz CT molecular complexity index is 730. The molecule has 0 amide bonds. The van der Waals surface area contributed by atoms with Crippen molar-refractivity contribution >= 4 is 28.0 Å².